The number of diazo groups is 1. The molecule has 0 atom stereocenters. The number of carbonyl (C=O) groups excluding carboxylic acids is 1. The van der Waals surface area contributed by atoms with Crippen molar-refractivity contribution >= 4 is 11.6 Å². The van der Waals surface area contributed by atoms with Crippen LogP contribution < -0.4 is 5.73 Å². The largest absolute Gasteiger partial charge is 0.397 e. The molecule has 0 saturated heterocycles. The number of carbonyl (C=O) groups is 1. The molecule has 2 N–H and O–H groups in total. The molecule has 0 aromatic heterocycles. The van der Waals surface area contributed by atoms with E-state index < -0.39 is 5.91 Å². The van der Waals surface area contributed by atoms with Crippen molar-refractivity contribution in [1.82, 2.24) is 4.90 Å². The van der Waals surface area contributed by atoms with Gasteiger partial charge in [-0.15, -0.1) is 0 Å². The Morgan fingerprint density at radius 3 is 2.58 bits per heavy atom. The van der Waals surface area contributed by atoms with E-state index in [2.05, 4.69) is 23.7 Å². The first kappa shape index (κ1) is 15.1. The second-order valence-electron chi connectivity index (χ2n) is 4.45. The lowest BCUT2D eigenvalue weighted by molar-refractivity contribution is 0.100. The Morgan fingerprint density at radius 2 is 2.05 bits per heavy atom. The molecule has 1 aromatic carbocycles. The minimum absolute atomic E-state index is 0.222. The standard InChI is InChI=1S/C14H20N4O/c1-3-18(4-2)9-5-6-11-7-8-13(17-16)12(10-11)14(15)19/h7-8,10H,3-6,9H2,1-2H3,(H-,15,19)/p+1. The number of amides is 1. The normalized spacial score (nSPS) is 10.4. The Morgan fingerprint density at radius 1 is 1.37 bits per heavy atom. The third-order valence-electron chi connectivity index (χ3n) is 3.27. The summed E-state index contributed by atoms with van der Waals surface area (Å²) >= 11 is 0. The van der Waals surface area contributed by atoms with E-state index in [1.54, 1.807) is 12.1 Å². The maximum atomic E-state index is 11.3. The monoisotopic (exact) mass is 261 g/mol. The molecule has 0 fully saturated rings. The second-order valence-corrected chi connectivity index (χ2v) is 4.45. The molecule has 0 saturated carbocycles. The first-order valence-electron chi connectivity index (χ1n) is 6.62. The molecule has 5 nitrogen and oxygen atoms in total. The average Bonchev–Trinajstić information content (AvgIpc) is 2.43. The van der Waals surface area contributed by atoms with Gasteiger partial charge in [0.15, 0.2) is 4.98 Å². The molecule has 0 radical (unpaired) electrons. The van der Waals surface area contributed by atoms with Crippen LogP contribution in [0.15, 0.2) is 18.2 Å². The highest BCUT2D eigenvalue weighted by molar-refractivity contribution is 5.98. The molecule has 1 aromatic rings. The van der Waals surface area contributed by atoms with Gasteiger partial charge < -0.3 is 10.6 Å². The molecular formula is C14H21N4O+. The third kappa shape index (κ3) is 4.34. The maximum absolute atomic E-state index is 11.3. The van der Waals surface area contributed by atoms with Crippen LogP contribution in [0, 0.1) is 5.39 Å². The number of benzene rings is 1. The highest BCUT2D eigenvalue weighted by Crippen LogP contribution is 2.21. The van der Waals surface area contributed by atoms with Gasteiger partial charge in [-0.3, -0.25) is 4.79 Å². The smallest absolute Gasteiger partial charge is 0.365 e. The summed E-state index contributed by atoms with van der Waals surface area (Å²) in [6.45, 7) is 7.42. The van der Waals surface area contributed by atoms with E-state index in [1.807, 2.05) is 6.07 Å². The number of nitrogens with two attached hydrogens (primary N) is 1. The van der Waals surface area contributed by atoms with Gasteiger partial charge in [0, 0.05) is 6.07 Å². The van der Waals surface area contributed by atoms with Crippen molar-refractivity contribution < 1.29 is 4.79 Å². The molecule has 0 bridgehead atoms. The van der Waals surface area contributed by atoms with E-state index in [1.165, 1.54) is 0 Å². The van der Waals surface area contributed by atoms with Crippen LogP contribution in [0.2, 0.25) is 0 Å². The van der Waals surface area contributed by atoms with Crippen LogP contribution in [0.3, 0.4) is 0 Å². The summed E-state index contributed by atoms with van der Waals surface area (Å²) < 4.78 is 0. The van der Waals surface area contributed by atoms with Crippen LogP contribution in [0.5, 0.6) is 0 Å². The number of rotatable bonds is 7. The number of aryl methyl sites for hydroxylation is 1. The van der Waals surface area contributed by atoms with Gasteiger partial charge in [-0.1, -0.05) is 19.9 Å². The van der Waals surface area contributed by atoms with Gasteiger partial charge in [-0.2, -0.15) is 0 Å². The summed E-state index contributed by atoms with van der Waals surface area (Å²) in [6, 6.07) is 5.19. The fourth-order valence-corrected chi connectivity index (χ4v) is 2.07. The summed E-state index contributed by atoms with van der Waals surface area (Å²) in [5, 5.41) is 8.78. The van der Waals surface area contributed by atoms with E-state index in [0.717, 1.165) is 38.0 Å². The van der Waals surface area contributed by atoms with Crippen LogP contribution in [0.25, 0.3) is 4.98 Å². The molecule has 5 heteroatoms. The molecular weight excluding hydrogens is 240 g/mol. The van der Waals surface area contributed by atoms with Crippen molar-refractivity contribution in [3.05, 3.63) is 34.3 Å². The van der Waals surface area contributed by atoms with Crippen molar-refractivity contribution in [1.29, 1.82) is 5.39 Å². The van der Waals surface area contributed by atoms with E-state index >= 15 is 0 Å². The quantitative estimate of drug-likeness (QED) is 0.766. The van der Waals surface area contributed by atoms with E-state index in [0.29, 0.717) is 0 Å². The zero-order valence-corrected chi connectivity index (χ0v) is 11.6. The zero-order valence-electron chi connectivity index (χ0n) is 11.6. The number of primary amides is 1. The predicted octanol–water partition coefficient (Wildman–Crippen LogP) is 2.54. The van der Waals surface area contributed by atoms with Crippen molar-refractivity contribution in [2.45, 2.75) is 26.7 Å². The molecule has 0 heterocycles. The SMILES string of the molecule is CCN(CC)CCCc1ccc([N+]#N)c(C(N)=O)c1. The molecule has 1 rings (SSSR count). The number of nitrogens with zero attached hydrogens (tertiary/aromatic N) is 3. The molecule has 0 aliphatic heterocycles. The first-order valence-corrected chi connectivity index (χ1v) is 6.62. The fourth-order valence-electron chi connectivity index (χ4n) is 2.07. The Hall–Kier alpha value is -1.93. The van der Waals surface area contributed by atoms with Crippen LogP contribution in [-0.2, 0) is 6.42 Å². The van der Waals surface area contributed by atoms with Crippen molar-refractivity contribution in [3.63, 3.8) is 0 Å². The molecule has 0 aliphatic carbocycles. The number of hydrogen-bond acceptors (Lipinski definition) is 3. The van der Waals surface area contributed by atoms with Gasteiger partial charge in [0.2, 0.25) is 5.39 Å². The molecule has 19 heavy (non-hydrogen) atoms. The van der Waals surface area contributed by atoms with E-state index in [4.69, 9.17) is 11.1 Å². The van der Waals surface area contributed by atoms with Gasteiger partial charge in [0.25, 0.3) is 5.91 Å². The maximum Gasteiger partial charge on any atom is 0.397 e. The van der Waals surface area contributed by atoms with Crippen LogP contribution >= 0.6 is 0 Å². The Kier molecular flexibility index (Phi) is 5.97. The van der Waals surface area contributed by atoms with Crippen LogP contribution in [-0.4, -0.2) is 30.4 Å². The lowest BCUT2D eigenvalue weighted by Crippen LogP contribution is -2.24. The van der Waals surface area contributed by atoms with Gasteiger partial charge >= 0.3 is 5.69 Å². The summed E-state index contributed by atoms with van der Waals surface area (Å²) in [4.78, 5) is 16.7. The van der Waals surface area contributed by atoms with Crippen molar-refractivity contribution in [2.24, 2.45) is 5.73 Å². The lowest BCUT2D eigenvalue weighted by Gasteiger charge is -2.17. The van der Waals surface area contributed by atoms with Gasteiger partial charge in [0.05, 0.1) is 0 Å². The average molecular weight is 261 g/mol. The molecule has 0 spiro atoms. The van der Waals surface area contributed by atoms with Gasteiger partial charge in [-0.25, -0.2) is 0 Å². The highest BCUT2D eigenvalue weighted by atomic mass is 16.1. The molecule has 0 unspecified atom stereocenters. The van der Waals surface area contributed by atoms with E-state index in [9.17, 15) is 4.79 Å². The summed E-state index contributed by atoms with van der Waals surface area (Å²) in [6.07, 6.45) is 1.90. The lowest BCUT2D eigenvalue weighted by atomic mass is 10.0. The number of hydrogen-bond donors (Lipinski definition) is 1. The molecule has 1 amide bonds. The van der Waals surface area contributed by atoms with E-state index in [-0.39, 0.29) is 11.3 Å². The fraction of sp³-hybridized carbons (Fsp3) is 0.500. The Labute approximate surface area is 114 Å². The first-order chi connectivity index (χ1) is 9.12. The minimum Gasteiger partial charge on any atom is -0.365 e. The van der Waals surface area contributed by atoms with Crippen molar-refractivity contribution in [2.75, 3.05) is 19.6 Å². The van der Waals surface area contributed by atoms with Crippen molar-refractivity contribution in [3.8, 4) is 0 Å². The summed E-state index contributed by atoms with van der Waals surface area (Å²) in [7, 11) is 0. The summed E-state index contributed by atoms with van der Waals surface area (Å²) in [5.74, 6) is -0.571. The molecule has 0 aliphatic rings. The third-order valence-corrected chi connectivity index (χ3v) is 3.27. The van der Waals surface area contributed by atoms with Gasteiger partial charge in [-0.05, 0) is 44.1 Å². The topological polar surface area (TPSA) is 74.5 Å². The van der Waals surface area contributed by atoms with Crippen LogP contribution in [0.4, 0.5) is 5.69 Å². The zero-order chi connectivity index (χ0) is 14.3. The Balaban J connectivity index is 2.68. The second kappa shape index (κ2) is 7.49. The van der Waals surface area contributed by atoms with Gasteiger partial charge in [0.1, 0.15) is 5.56 Å². The minimum atomic E-state index is -0.571. The molecule has 102 valence electrons. The summed E-state index contributed by atoms with van der Waals surface area (Å²) in [5.41, 5.74) is 6.78. The predicted molar refractivity (Wildman–Crippen MR) is 75.8 cm³/mol. The van der Waals surface area contributed by atoms with Crippen LogP contribution in [0.1, 0.15) is 36.2 Å². The highest BCUT2D eigenvalue weighted by Gasteiger charge is 2.18. The Bertz CT molecular complexity index is 475.